The lowest BCUT2D eigenvalue weighted by atomic mass is 9.90. The lowest BCUT2D eigenvalue weighted by Crippen LogP contribution is -2.15. The van der Waals surface area contributed by atoms with E-state index in [4.69, 9.17) is 10.5 Å². The van der Waals surface area contributed by atoms with Crippen LogP contribution in [-0.4, -0.2) is 6.61 Å². The molecule has 0 bridgehead atoms. The molecule has 1 aliphatic rings. The summed E-state index contributed by atoms with van der Waals surface area (Å²) >= 11 is 0. The van der Waals surface area contributed by atoms with Crippen LogP contribution in [0.2, 0.25) is 0 Å². The highest BCUT2D eigenvalue weighted by atomic mass is 16.5. The molecule has 0 heterocycles. The predicted octanol–water partition coefficient (Wildman–Crippen LogP) is 3.67. The number of hydrogen-bond donors (Lipinski definition) is 1. The Morgan fingerprint density at radius 3 is 2.41 bits per heavy atom. The lowest BCUT2D eigenvalue weighted by molar-refractivity contribution is 0.209. The van der Waals surface area contributed by atoms with E-state index in [-0.39, 0.29) is 6.04 Å². The van der Waals surface area contributed by atoms with Gasteiger partial charge in [-0.1, -0.05) is 31.4 Å². The summed E-state index contributed by atoms with van der Waals surface area (Å²) in [6.45, 7) is 2.87. The Bertz CT molecular complexity index is 325. The molecule has 94 valence electrons. The third-order valence-electron chi connectivity index (χ3n) is 3.62. The first-order chi connectivity index (χ1) is 8.25. The second kappa shape index (κ2) is 6.06. The highest BCUT2D eigenvalue weighted by molar-refractivity contribution is 5.28. The van der Waals surface area contributed by atoms with Crippen molar-refractivity contribution in [1.29, 1.82) is 0 Å². The zero-order valence-electron chi connectivity index (χ0n) is 10.7. The molecule has 1 aromatic rings. The molecule has 1 saturated carbocycles. The van der Waals surface area contributed by atoms with Gasteiger partial charge in [0.1, 0.15) is 5.75 Å². The molecule has 0 saturated heterocycles. The molecule has 1 atom stereocenters. The molecule has 0 radical (unpaired) electrons. The maximum Gasteiger partial charge on any atom is 0.119 e. The maximum absolute atomic E-state index is 5.84. The average molecular weight is 233 g/mol. The van der Waals surface area contributed by atoms with Crippen LogP contribution in [0.4, 0.5) is 0 Å². The largest absolute Gasteiger partial charge is 0.493 e. The minimum atomic E-state index is 0.0994. The average Bonchev–Trinajstić information content (AvgIpc) is 2.38. The van der Waals surface area contributed by atoms with Crippen LogP contribution in [0.3, 0.4) is 0 Å². The van der Waals surface area contributed by atoms with E-state index in [2.05, 4.69) is 12.1 Å². The topological polar surface area (TPSA) is 35.2 Å². The van der Waals surface area contributed by atoms with Gasteiger partial charge >= 0.3 is 0 Å². The van der Waals surface area contributed by atoms with Crippen molar-refractivity contribution in [3.8, 4) is 5.75 Å². The van der Waals surface area contributed by atoms with Crippen LogP contribution < -0.4 is 10.5 Å². The van der Waals surface area contributed by atoms with Crippen LogP contribution in [0.15, 0.2) is 24.3 Å². The number of hydrogen-bond acceptors (Lipinski definition) is 2. The summed E-state index contributed by atoms with van der Waals surface area (Å²) in [6, 6.07) is 8.27. The van der Waals surface area contributed by atoms with Gasteiger partial charge in [0, 0.05) is 6.04 Å². The van der Waals surface area contributed by atoms with Crippen LogP contribution in [-0.2, 0) is 0 Å². The molecule has 1 aromatic carbocycles. The highest BCUT2D eigenvalue weighted by Crippen LogP contribution is 2.25. The van der Waals surface area contributed by atoms with Crippen molar-refractivity contribution in [2.24, 2.45) is 11.7 Å². The zero-order valence-corrected chi connectivity index (χ0v) is 10.7. The van der Waals surface area contributed by atoms with E-state index >= 15 is 0 Å². The number of rotatable bonds is 4. The van der Waals surface area contributed by atoms with Crippen molar-refractivity contribution in [3.05, 3.63) is 29.8 Å². The number of benzene rings is 1. The van der Waals surface area contributed by atoms with Gasteiger partial charge in [0.15, 0.2) is 0 Å². The van der Waals surface area contributed by atoms with Crippen LogP contribution in [0.25, 0.3) is 0 Å². The quantitative estimate of drug-likeness (QED) is 0.861. The van der Waals surface area contributed by atoms with E-state index in [1.807, 2.05) is 19.1 Å². The van der Waals surface area contributed by atoms with E-state index in [0.717, 1.165) is 23.8 Å². The van der Waals surface area contributed by atoms with Crippen molar-refractivity contribution >= 4 is 0 Å². The van der Waals surface area contributed by atoms with Crippen molar-refractivity contribution in [3.63, 3.8) is 0 Å². The van der Waals surface area contributed by atoms with Crippen LogP contribution >= 0.6 is 0 Å². The molecule has 2 heteroatoms. The molecule has 0 spiro atoms. The van der Waals surface area contributed by atoms with Gasteiger partial charge in [0.25, 0.3) is 0 Å². The number of ether oxygens (including phenoxy) is 1. The van der Waals surface area contributed by atoms with E-state index in [0.29, 0.717) is 0 Å². The standard InChI is InChI=1S/C15H23NO/c1-12(16)14-7-9-15(10-8-14)17-11-13-5-3-2-4-6-13/h7-10,12-13H,2-6,11,16H2,1H3. The summed E-state index contributed by atoms with van der Waals surface area (Å²) in [5, 5.41) is 0. The van der Waals surface area contributed by atoms with Gasteiger partial charge in [-0.2, -0.15) is 0 Å². The summed E-state index contributed by atoms with van der Waals surface area (Å²) in [4.78, 5) is 0. The summed E-state index contributed by atoms with van der Waals surface area (Å²) < 4.78 is 5.84. The SMILES string of the molecule is CC(N)c1ccc(OCC2CCCCC2)cc1. The van der Waals surface area contributed by atoms with Crippen LogP contribution in [0, 0.1) is 5.92 Å². The normalized spacial score (nSPS) is 18.9. The molecular formula is C15H23NO. The Morgan fingerprint density at radius 2 is 1.82 bits per heavy atom. The van der Waals surface area contributed by atoms with Crippen molar-refractivity contribution in [2.75, 3.05) is 6.61 Å². The minimum Gasteiger partial charge on any atom is -0.493 e. The summed E-state index contributed by atoms with van der Waals surface area (Å²) in [6.07, 6.45) is 6.81. The zero-order chi connectivity index (χ0) is 12.1. The molecule has 1 unspecified atom stereocenters. The Hall–Kier alpha value is -1.02. The van der Waals surface area contributed by atoms with Gasteiger partial charge < -0.3 is 10.5 Å². The van der Waals surface area contributed by atoms with E-state index < -0.39 is 0 Å². The summed E-state index contributed by atoms with van der Waals surface area (Å²) in [5.74, 6) is 1.73. The fraction of sp³-hybridized carbons (Fsp3) is 0.600. The molecule has 17 heavy (non-hydrogen) atoms. The Labute approximate surface area is 104 Å². The Kier molecular flexibility index (Phi) is 4.43. The Balaban J connectivity index is 1.82. The second-order valence-corrected chi connectivity index (χ2v) is 5.17. The molecule has 2 rings (SSSR count). The van der Waals surface area contributed by atoms with E-state index in [9.17, 15) is 0 Å². The van der Waals surface area contributed by atoms with Gasteiger partial charge in [-0.3, -0.25) is 0 Å². The van der Waals surface area contributed by atoms with Crippen molar-refractivity contribution in [2.45, 2.75) is 45.1 Å². The van der Waals surface area contributed by atoms with Gasteiger partial charge in [-0.25, -0.2) is 0 Å². The van der Waals surface area contributed by atoms with Crippen LogP contribution in [0.5, 0.6) is 5.75 Å². The Morgan fingerprint density at radius 1 is 1.18 bits per heavy atom. The molecule has 0 amide bonds. The lowest BCUT2D eigenvalue weighted by Gasteiger charge is -2.21. The van der Waals surface area contributed by atoms with Crippen LogP contribution in [0.1, 0.15) is 50.6 Å². The maximum atomic E-state index is 5.84. The third-order valence-corrected chi connectivity index (χ3v) is 3.62. The summed E-state index contributed by atoms with van der Waals surface area (Å²) in [5.41, 5.74) is 6.98. The molecule has 1 aliphatic carbocycles. The summed E-state index contributed by atoms with van der Waals surface area (Å²) in [7, 11) is 0. The van der Waals surface area contributed by atoms with Crippen molar-refractivity contribution < 1.29 is 4.74 Å². The van der Waals surface area contributed by atoms with Gasteiger partial charge in [0.2, 0.25) is 0 Å². The molecule has 2 N–H and O–H groups in total. The highest BCUT2D eigenvalue weighted by Gasteiger charge is 2.13. The van der Waals surface area contributed by atoms with Gasteiger partial charge in [-0.15, -0.1) is 0 Å². The van der Waals surface area contributed by atoms with Crippen molar-refractivity contribution in [1.82, 2.24) is 0 Å². The third kappa shape index (κ3) is 3.74. The fourth-order valence-corrected chi connectivity index (χ4v) is 2.44. The first kappa shape index (κ1) is 12.4. The minimum absolute atomic E-state index is 0.0994. The molecular weight excluding hydrogens is 210 g/mol. The molecule has 0 aliphatic heterocycles. The molecule has 1 fully saturated rings. The molecule has 0 aromatic heterocycles. The monoisotopic (exact) mass is 233 g/mol. The smallest absolute Gasteiger partial charge is 0.119 e. The molecule has 2 nitrogen and oxygen atoms in total. The number of nitrogens with two attached hydrogens (primary N) is 1. The second-order valence-electron chi connectivity index (χ2n) is 5.17. The first-order valence-corrected chi connectivity index (χ1v) is 6.74. The van der Waals surface area contributed by atoms with E-state index in [1.54, 1.807) is 0 Å². The first-order valence-electron chi connectivity index (χ1n) is 6.74. The van der Waals surface area contributed by atoms with E-state index in [1.165, 1.54) is 32.1 Å². The fourth-order valence-electron chi connectivity index (χ4n) is 2.44. The van der Waals surface area contributed by atoms with Gasteiger partial charge in [0.05, 0.1) is 6.61 Å². The predicted molar refractivity (Wildman–Crippen MR) is 71.1 cm³/mol. The van der Waals surface area contributed by atoms with Gasteiger partial charge in [-0.05, 0) is 43.4 Å².